The van der Waals surface area contributed by atoms with Gasteiger partial charge in [-0.25, -0.2) is 4.79 Å². The standard InChI is InChI=1S/C31H25NO6/c1-3-38-31(36)23-9-6-10-24(18-23)32-27(20-13-15-25(37-2)16-14-20)26(29(34)30(32)35)28(33)22-12-11-19-7-4-5-8-21(19)17-22/h4-18,27,33H,3H2,1-2H3/b28-26-. The number of hydrogen-bond donors (Lipinski definition) is 1. The van der Waals surface area contributed by atoms with Gasteiger partial charge in [0.2, 0.25) is 0 Å². The summed E-state index contributed by atoms with van der Waals surface area (Å²) in [6, 6.07) is 25.4. The Hall–Kier alpha value is -4.91. The number of amides is 1. The molecule has 0 aromatic heterocycles. The predicted octanol–water partition coefficient (Wildman–Crippen LogP) is 5.65. The van der Waals surface area contributed by atoms with Crippen molar-refractivity contribution >= 4 is 39.9 Å². The highest BCUT2D eigenvalue weighted by atomic mass is 16.5. The number of carbonyl (C=O) groups excluding carboxylic acids is 3. The summed E-state index contributed by atoms with van der Waals surface area (Å²) in [4.78, 5) is 40.6. The van der Waals surface area contributed by atoms with Crippen LogP contribution in [0.2, 0.25) is 0 Å². The average Bonchev–Trinajstić information content (AvgIpc) is 3.22. The van der Waals surface area contributed by atoms with E-state index in [9.17, 15) is 19.5 Å². The van der Waals surface area contributed by atoms with E-state index in [1.165, 1.54) is 11.0 Å². The number of aliphatic hydroxyl groups is 1. The Morgan fingerprint density at radius 2 is 1.61 bits per heavy atom. The number of nitrogens with zero attached hydrogens (tertiary/aromatic N) is 1. The van der Waals surface area contributed by atoms with Crippen LogP contribution in [0.1, 0.15) is 34.5 Å². The van der Waals surface area contributed by atoms with E-state index < -0.39 is 23.7 Å². The van der Waals surface area contributed by atoms with Crippen molar-refractivity contribution in [2.24, 2.45) is 0 Å². The quantitative estimate of drug-likeness (QED) is 0.157. The third-order valence-electron chi connectivity index (χ3n) is 6.53. The first kappa shape index (κ1) is 24.8. The van der Waals surface area contributed by atoms with Gasteiger partial charge in [-0.15, -0.1) is 0 Å². The van der Waals surface area contributed by atoms with Gasteiger partial charge in [0.1, 0.15) is 11.5 Å². The summed E-state index contributed by atoms with van der Waals surface area (Å²) in [5.41, 5.74) is 1.54. The van der Waals surface area contributed by atoms with Crippen molar-refractivity contribution in [1.29, 1.82) is 0 Å². The van der Waals surface area contributed by atoms with Crippen LogP contribution in [0.4, 0.5) is 5.69 Å². The number of esters is 1. The molecule has 190 valence electrons. The molecule has 0 aliphatic carbocycles. The van der Waals surface area contributed by atoms with Crippen molar-refractivity contribution in [3.63, 3.8) is 0 Å². The molecule has 1 N–H and O–H groups in total. The highest BCUT2D eigenvalue weighted by Crippen LogP contribution is 2.43. The minimum atomic E-state index is -0.940. The van der Waals surface area contributed by atoms with Gasteiger partial charge < -0.3 is 14.6 Å². The van der Waals surface area contributed by atoms with Crippen LogP contribution in [0.25, 0.3) is 16.5 Å². The molecule has 0 spiro atoms. The SMILES string of the molecule is CCOC(=O)c1cccc(N2C(=O)C(=O)/C(=C(\O)c3ccc4ccccc4c3)C2c2ccc(OC)cc2)c1. The van der Waals surface area contributed by atoms with E-state index >= 15 is 0 Å². The smallest absolute Gasteiger partial charge is 0.338 e. The zero-order valence-electron chi connectivity index (χ0n) is 20.9. The Kier molecular flexibility index (Phi) is 6.66. The lowest BCUT2D eigenvalue weighted by molar-refractivity contribution is -0.132. The summed E-state index contributed by atoms with van der Waals surface area (Å²) in [5, 5.41) is 13.3. The minimum Gasteiger partial charge on any atom is -0.507 e. The zero-order valence-corrected chi connectivity index (χ0v) is 20.9. The number of ether oxygens (including phenoxy) is 2. The van der Waals surface area contributed by atoms with E-state index in [0.29, 0.717) is 22.6 Å². The first-order chi connectivity index (χ1) is 18.4. The number of rotatable bonds is 6. The van der Waals surface area contributed by atoms with Crippen molar-refractivity contribution in [1.82, 2.24) is 0 Å². The van der Waals surface area contributed by atoms with Crippen LogP contribution in [0.15, 0.2) is 96.6 Å². The fourth-order valence-electron chi connectivity index (χ4n) is 4.69. The largest absolute Gasteiger partial charge is 0.507 e. The molecule has 1 heterocycles. The van der Waals surface area contributed by atoms with Crippen molar-refractivity contribution in [2.75, 3.05) is 18.6 Å². The van der Waals surface area contributed by atoms with Crippen molar-refractivity contribution in [2.45, 2.75) is 13.0 Å². The highest BCUT2D eigenvalue weighted by molar-refractivity contribution is 6.51. The van der Waals surface area contributed by atoms with Gasteiger partial charge in [-0.1, -0.05) is 54.6 Å². The number of hydrogen-bond acceptors (Lipinski definition) is 6. The molecule has 4 aromatic carbocycles. The minimum absolute atomic E-state index is 0.0445. The van der Waals surface area contributed by atoms with Gasteiger partial charge in [0.25, 0.3) is 11.7 Å². The van der Waals surface area contributed by atoms with Crippen molar-refractivity contribution in [3.05, 3.63) is 113 Å². The molecule has 1 aliphatic heterocycles. The predicted molar refractivity (Wildman–Crippen MR) is 144 cm³/mol. The van der Waals surface area contributed by atoms with Gasteiger partial charge in [-0.05, 0) is 59.7 Å². The van der Waals surface area contributed by atoms with Crippen molar-refractivity contribution in [3.8, 4) is 5.75 Å². The highest BCUT2D eigenvalue weighted by Gasteiger charge is 2.47. The fraction of sp³-hybridized carbons (Fsp3) is 0.129. The summed E-state index contributed by atoms with van der Waals surface area (Å²) in [7, 11) is 1.54. The topological polar surface area (TPSA) is 93.1 Å². The fourth-order valence-corrected chi connectivity index (χ4v) is 4.69. The number of benzene rings is 4. The second kappa shape index (κ2) is 10.2. The molecule has 4 aromatic rings. The first-order valence-electron chi connectivity index (χ1n) is 12.1. The Morgan fingerprint density at radius 1 is 0.868 bits per heavy atom. The zero-order chi connectivity index (χ0) is 26.8. The Labute approximate surface area is 219 Å². The monoisotopic (exact) mass is 507 g/mol. The van der Waals surface area contributed by atoms with Gasteiger partial charge in [-0.3, -0.25) is 14.5 Å². The maximum Gasteiger partial charge on any atom is 0.338 e. The lowest BCUT2D eigenvalue weighted by Crippen LogP contribution is -2.29. The molecule has 1 unspecified atom stereocenters. The van der Waals surface area contributed by atoms with E-state index in [-0.39, 0.29) is 23.5 Å². The van der Waals surface area contributed by atoms with Crippen LogP contribution in [0.5, 0.6) is 5.75 Å². The van der Waals surface area contributed by atoms with Crippen LogP contribution in [0.3, 0.4) is 0 Å². The second-order valence-electron chi connectivity index (χ2n) is 8.77. The Balaban J connectivity index is 1.69. The molecule has 0 bridgehead atoms. The van der Waals surface area contributed by atoms with Crippen LogP contribution in [0, 0.1) is 0 Å². The molecule has 0 radical (unpaired) electrons. The van der Waals surface area contributed by atoms with Gasteiger partial charge in [0, 0.05) is 11.3 Å². The van der Waals surface area contributed by atoms with Crippen LogP contribution < -0.4 is 9.64 Å². The molecule has 7 nitrogen and oxygen atoms in total. The molecule has 1 saturated heterocycles. The second-order valence-corrected chi connectivity index (χ2v) is 8.77. The summed E-state index contributed by atoms with van der Waals surface area (Å²) in [5.74, 6) is -1.85. The molecule has 38 heavy (non-hydrogen) atoms. The van der Waals surface area contributed by atoms with E-state index in [1.54, 1.807) is 68.6 Å². The number of methoxy groups -OCH3 is 1. The van der Waals surface area contributed by atoms with E-state index in [1.807, 2.05) is 30.3 Å². The number of ketones is 1. The number of aliphatic hydroxyl groups excluding tert-OH is 1. The van der Waals surface area contributed by atoms with E-state index in [4.69, 9.17) is 9.47 Å². The van der Waals surface area contributed by atoms with Gasteiger partial charge in [0.15, 0.2) is 0 Å². The van der Waals surface area contributed by atoms with Crippen molar-refractivity contribution < 1.29 is 29.0 Å². The summed E-state index contributed by atoms with van der Waals surface area (Å²) in [6.45, 7) is 1.90. The van der Waals surface area contributed by atoms with E-state index in [0.717, 1.165) is 10.8 Å². The van der Waals surface area contributed by atoms with Crippen LogP contribution >= 0.6 is 0 Å². The lowest BCUT2D eigenvalue weighted by atomic mass is 9.94. The van der Waals surface area contributed by atoms with E-state index in [2.05, 4.69) is 0 Å². The molecule has 7 heteroatoms. The molecule has 1 aliphatic rings. The third-order valence-corrected chi connectivity index (χ3v) is 6.53. The molecular formula is C31H25NO6. The number of fused-ring (bicyclic) bond motifs is 1. The van der Waals surface area contributed by atoms with Crippen LogP contribution in [-0.2, 0) is 14.3 Å². The molecule has 1 atom stereocenters. The average molecular weight is 508 g/mol. The number of Topliss-reactive ketones (excluding diaryl/α,β-unsaturated/α-hetero) is 1. The summed E-state index contributed by atoms with van der Waals surface area (Å²) in [6.07, 6.45) is 0. The van der Waals surface area contributed by atoms with Gasteiger partial charge in [-0.2, -0.15) is 0 Å². The summed E-state index contributed by atoms with van der Waals surface area (Å²) >= 11 is 0. The first-order valence-corrected chi connectivity index (χ1v) is 12.1. The summed E-state index contributed by atoms with van der Waals surface area (Å²) < 4.78 is 10.4. The normalized spacial score (nSPS) is 16.6. The molecule has 0 saturated carbocycles. The third kappa shape index (κ3) is 4.39. The number of anilines is 1. The lowest BCUT2D eigenvalue weighted by Gasteiger charge is -2.26. The van der Waals surface area contributed by atoms with Crippen LogP contribution in [-0.4, -0.2) is 36.5 Å². The molecule has 1 amide bonds. The molecular weight excluding hydrogens is 482 g/mol. The molecule has 5 rings (SSSR count). The maximum atomic E-state index is 13.5. The Morgan fingerprint density at radius 3 is 2.32 bits per heavy atom. The van der Waals surface area contributed by atoms with Gasteiger partial charge >= 0.3 is 5.97 Å². The number of carbonyl (C=O) groups is 3. The van der Waals surface area contributed by atoms with Gasteiger partial charge in [0.05, 0.1) is 30.9 Å². The molecule has 1 fully saturated rings. The Bertz CT molecular complexity index is 1590. The maximum absolute atomic E-state index is 13.5.